The van der Waals surface area contributed by atoms with Crippen molar-refractivity contribution < 1.29 is 19.4 Å². The monoisotopic (exact) mass is 600 g/mol. The maximum Gasteiger partial charge on any atom is 0.292 e. The highest BCUT2D eigenvalue weighted by atomic mass is 35.5. The highest BCUT2D eigenvalue weighted by Crippen LogP contribution is 2.34. The third kappa shape index (κ3) is 6.61. The van der Waals surface area contributed by atoms with Gasteiger partial charge in [0.2, 0.25) is 5.78 Å². The van der Waals surface area contributed by atoms with Crippen LogP contribution in [0.2, 0.25) is 5.02 Å². The lowest BCUT2D eigenvalue weighted by Crippen LogP contribution is -2.48. The second-order valence-electron chi connectivity index (χ2n) is 11.9. The lowest BCUT2D eigenvalue weighted by molar-refractivity contribution is -0.118. The second kappa shape index (κ2) is 12.5. The predicted octanol–water partition coefficient (Wildman–Crippen LogP) is 5.98. The number of Topliss-reactive ketones (excluding diaryl/α,β-unsaturated/α-hetero) is 1. The number of hydrogen-bond donors (Lipinski definition) is 2. The van der Waals surface area contributed by atoms with Crippen LogP contribution in [0.3, 0.4) is 0 Å². The number of aromatic nitrogens is 2. The first-order valence-corrected chi connectivity index (χ1v) is 15.4. The molecule has 2 N–H and O–H groups in total. The fourth-order valence-electron chi connectivity index (χ4n) is 5.69. The topological polar surface area (TPSA) is 96.7 Å². The fraction of sp³-hybridized carbons (Fsp3) is 0.382. The molecule has 2 aliphatic rings. The Morgan fingerprint density at radius 1 is 1.02 bits per heavy atom. The van der Waals surface area contributed by atoms with Gasteiger partial charge in [-0.15, -0.1) is 0 Å². The number of ether oxygens (including phenoxy) is 1. The molecule has 2 fully saturated rings. The predicted molar refractivity (Wildman–Crippen MR) is 168 cm³/mol. The van der Waals surface area contributed by atoms with Crippen LogP contribution in [0.15, 0.2) is 66.9 Å². The number of rotatable bonds is 11. The number of amides is 1. The van der Waals surface area contributed by atoms with E-state index in [4.69, 9.17) is 16.3 Å². The van der Waals surface area contributed by atoms with Crippen LogP contribution in [0.1, 0.15) is 67.6 Å². The highest BCUT2D eigenvalue weighted by molar-refractivity contribution is 6.42. The van der Waals surface area contributed by atoms with Crippen LogP contribution in [-0.4, -0.2) is 63.3 Å². The van der Waals surface area contributed by atoms with Gasteiger partial charge in [-0.25, -0.2) is 0 Å². The number of halogens is 1. The van der Waals surface area contributed by atoms with Gasteiger partial charge in [0.15, 0.2) is 0 Å². The van der Waals surface area contributed by atoms with E-state index in [1.54, 1.807) is 30.3 Å². The number of aliphatic hydroxyl groups is 1. The third-order valence-electron chi connectivity index (χ3n) is 8.24. The van der Waals surface area contributed by atoms with Crippen LogP contribution in [-0.2, 0) is 4.79 Å². The number of ketones is 1. The van der Waals surface area contributed by atoms with Crippen LogP contribution in [0.25, 0.3) is 22.0 Å². The maximum atomic E-state index is 13.2. The lowest BCUT2D eigenvalue weighted by atomic mass is 9.99. The van der Waals surface area contributed by atoms with Gasteiger partial charge in [-0.3, -0.25) is 14.3 Å². The Kier molecular flexibility index (Phi) is 8.52. The Bertz CT molecular complexity index is 1620. The summed E-state index contributed by atoms with van der Waals surface area (Å²) in [5.41, 5.74) is 3.85. The van der Waals surface area contributed by atoms with Gasteiger partial charge in [-0.05, 0) is 93.6 Å². The molecule has 43 heavy (non-hydrogen) atoms. The average Bonchev–Trinajstić information content (AvgIpc) is 3.48. The molecule has 1 aliphatic carbocycles. The molecule has 1 aliphatic heterocycles. The van der Waals surface area contributed by atoms with Crippen molar-refractivity contribution in [1.82, 2.24) is 20.0 Å². The summed E-state index contributed by atoms with van der Waals surface area (Å²) in [5.74, 6) is -0.812. The van der Waals surface area contributed by atoms with Crippen molar-refractivity contribution in [3.05, 3.63) is 83.0 Å². The first kappa shape index (κ1) is 29.4. The number of hydrogen-bond acceptors (Lipinski definition) is 6. The van der Waals surface area contributed by atoms with E-state index in [9.17, 15) is 14.7 Å². The average molecular weight is 601 g/mol. The lowest BCUT2D eigenvalue weighted by Gasteiger charge is -2.28. The van der Waals surface area contributed by atoms with E-state index in [0.717, 1.165) is 60.8 Å². The maximum absolute atomic E-state index is 13.2. The van der Waals surface area contributed by atoms with Gasteiger partial charge in [0.05, 0.1) is 28.9 Å². The quantitative estimate of drug-likeness (QED) is 0.162. The Labute approximate surface area is 256 Å². The molecule has 0 spiro atoms. The van der Waals surface area contributed by atoms with E-state index in [1.807, 2.05) is 29.1 Å². The molecule has 224 valence electrons. The number of likely N-dealkylation sites (tertiary alicyclic amines) is 1. The van der Waals surface area contributed by atoms with Gasteiger partial charge in [-0.1, -0.05) is 48.0 Å². The van der Waals surface area contributed by atoms with Crippen molar-refractivity contribution in [1.29, 1.82) is 0 Å². The summed E-state index contributed by atoms with van der Waals surface area (Å²) in [6.07, 6.45) is 5.17. The Hall–Kier alpha value is -3.72. The van der Waals surface area contributed by atoms with E-state index in [-0.39, 0.29) is 17.7 Å². The van der Waals surface area contributed by atoms with Crippen molar-refractivity contribution in [3.63, 3.8) is 0 Å². The van der Waals surface area contributed by atoms with E-state index in [2.05, 4.69) is 41.3 Å². The summed E-state index contributed by atoms with van der Waals surface area (Å²) >= 11 is 6.46. The van der Waals surface area contributed by atoms with Crippen LogP contribution >= 0.6 is 11.6 Å². The van der Waals surface area contributed by atoms with Gasteiger partial charge in [-0.2, -0.15) is 5.10 Å². The third-order valence-corrected chi connectivity index (χ3v) is 8.53. The smallest absolute Gasteiger partial charge is 0.292 e. The first-order chi connectivity index (χ1) is 20.8. The number of nitrogens with one attached hydrogen (secondary N) is 1. The molecule has 9 heteroatoms. The van der Waals surface area contributed by atoms with Gasteiger partial charge in [0, 0.05) is 23.5 Å². The summed E-state index contributed by atoms with van der Waals surface area (Å²) in [7, 11) is 0. The fourth-order valence-corrected chi connectivity index (χ4v) is 5.92. The van der Waals surface area contributed by atoms with Gasteiger partial charge in [0.25, 0.3) is 5.91 Å². The molecular formula is C34H37ClN4O4. The van der Waals surface area contributed by atoms with Crippen LogP contribution in [0, 0.1) is 0 Å². The molecule has 6 rings (SSSR count). The second-order valence-corrected chi connectivity index (χ2v) is 12.3. The molecule has 0 unspecified atom stereocenters. The minimum absolute atomic E-state index is 0.203. The molecule has 1 saturated heterocycles. The SMILES string of the molecule is CC(C)n1ncc2cc(-c3ccc(C(=O)C(=O)N[C@H](CN4CCCC4)[C@H](O)c4ccc(OC5CC5)c(Cl)c4)cc3)ccc21. The molecule has 8 nitrogen and oxygen atoms in total. The number of nitrogens with zero attached hydrogens (tertiary/aromatic N) is 3. The number of aliphatic hydroxyl groups excluding tert-OH is 1. The first-order valence-electron chi connectivity index (χ1n) is 15.1. The molecule has 3 aromatic carbocycles. The zero-order valence-corrected chi connectivity index (χ0v) is 25.3. The van der Waals surface area contributed by atoms with Crippen molar-refractivity contribution in [2.24, 2.45) is 0 Å². The highest BCUT2D eigenvalue weighted by Gasteiger charge is 2.30. The standard InChI is InChI=1S/C34H37ClN4O4/c1-21(2)39-30-13-9-24(17-26(30)19-36-39)22-5-7-23(8-6-22)33(41)34(42)37-29(20-38-15-3-4-16-38)32(40)25-10-14-31(28(35)18-25)43-27-11-12-27/h5-10,13-14,17-19,21,27,29,32,40H,3-4,11-12,15-16,20H2,1-2H3,(H,37,42)/t29-,32-/m1/s1. The number of carbonyl (C=O) groups excluding carboxylic acids is 2. The number of benzene rings is 3. The van der Waals surface area contributed by atoms with Crippen LogP contribution < -0.4 is 10.1 Å². The largest absolute Gasteiger partial charge is 0.489 e. The van der Waals surface area contributed by atoms with Crippen molar-refractivity contribution >= 4 is 34.2 Å². The summed E-state index contributed by atoms with van der Waals surface area (Å²) in [5, 5.41) is 20.1. The molecular weight excluding hydrogens is 564 g/mol. The van der Waals surface area contributed by atoms with E-state index < -0.39 is 23.8 Å². The molecule has 0 radical (unpaired) electrons. The van der Waals surface area contributed by atoms with Crippen LogP contribution in [0.5, 0.6) is 5.75 Å². The summed E-state index contributed by atoms with van der Waals surface area (Å²) in [4.78, 5) is 28.6. The van der Waals surface area contributed by atoms with Crippen molar-refractivity contribution in [3.8, 4) is 16.9 Å². The number of fused-ring (bicyclic) bond motifs is 1. The molecule has 4 aromatic rings. The molecule has 2 atom stereocenters. The van der Waals surface area contributed by atoms with Gasteiger partial charge < -0.3 is 20.1 Å². The van der Waals surface area contributed by atoms with E-state index >= 15 is 0 Å². The van der Waals surface area contributed by atoms with Gasteiger partial charge >= 0.3 is 0 Å². The molecule has 0 bridgehead atoms. The van der Waals surface area contributed by atoms with E-state index in [0.29, 0.717) is 22.9 Å². The van der Waals surface area contributed by atoms with Crippen molar-refractivity contribution in [2.45, 2.75) is 63.8 Å². The van der Waals surface area contributed by atoms with Gasteiger partial charge in [0.1, 0.15) is 11.9 Å². The zero-order chi connectivity index (χ0) is 30.1. The summed E-state index contributed by atoms with van der Waals surface area (Å²) in [6.45, 7) is 6.38. The van der Waals surface area contributed by atoms with E-state index in [1.165, 1.54) is 0 Å². The normalized spacial score (nSPS) is 16.9. The Morgan fingerprint density at radius 3 is 2.42 bits per heavy atom. The minimum atomic E-state index is -1.05. The molecule has 1 aromatic heterocycles. The summed E-state index contributed by atoms with van der Waals surface area (Å²) < 4.78 is 7.82. The van der Waals surface area contributed by atoms with Crippen LogP contribution in [0.4, 0.5) is 0 Å². The molecule has 1 amide bonds. The Balaban J connectivity index is 1.16. The summed E-state index contributed by atoms with van der Waals surface area (Å²) in [6, 6.07) is 18.0. The Morgan fingerprint density at radius 2 is 1.74 bits per heavy atom. The zero-order valence-electron chi connectivity index (χ0n) is 24.5. The molecule has 1 saturated carbocycles. The minimum Gasteiger partial charge on any atom is -0.489 e. The number of carbonyl (C=O) groups is 2. The molecule has 2 heterocycles. The van der Waals surface area contributed by atoms with Crippen molar-refractivity contribution in [2.75, 3.05) is 19.6 Å².